The minimum absolute atomic E-state index is 0.0415. The van der Waals surface area contributed by atoms with Crippen molar-refractivity contribution in [2.75, 3.05) is 10.0 Å². The number of hydrogen-bond donors (Lipinski definition) is 2. The predicted octanol–water partition coefficient (Wildman–Crippen LogP) is 3.26. The fourth-order valence-electron chi connectivity index (χ4n) is 2.19. The summed E-state index contributed by atoms with van der Waals surface area (Å²) in [7, 11) is -3.75. The van der Waals surface area contributed by atoms with Crippen LogP contribution < -0.4 is 10.0 Å². The summed E-state index contributed by atoms with van der Waals surface area (Å²) in [5, 5.41) is 4.54. The van der Waals surface area contributed by atoms with E-state index in [4.69, 9.17) is 0 Å². The number of rotatable bonds is 6. The van der Waals surface area contributed by atoms with Crippen LogP contribution in [0.1, 0.15) is 5.56 Å². The number of hydrogen-bond acceptors (Lipinski definition) is 5. The van der Waals surface area contributed by atoms with E-state index in [1.807, 2.05) is 0 Å². The first-order chi connectivity index (χ1) is 12.4. The molecular formula is C17H14FN3O3S2. The minimum Gasteiger partial charge on any atom is -0.326 e. The molecule has 6 nitrogen and oxygen atoms in total. The standard InChI is InChI=1S/C17H14FN3O3S2/c18-15-4-2-1-3-12(15)11-16(22)20-13-5-7-14(8-6-13)26(23,24)21-17-19-9-10-25-17/h1-10H,11H2,(H,19,21)(H,20,22). The smallest absolute Gasteiger partial charge is 0.263 e. The lowest BCUT2D eigenvalue weighted by atomic mass is 10.1. The zero-order chi connectivity index (χ0) is 18.6. The average Bonchev–Trinajstić information content (AvgIpc) is 3.10. The molecule has 0 radical (unpaired) electrons. The molecule has 0 saturated heterocycles. The number of nitrogens with one attached hydrogen (secondary N) is 2. The number of amides is 1. The maximum Gasteiger partial charge on any atom is 0.263 e. The van der Waals surface area contributed by atoms with Gasteiger partial charge >= 0.3 is 0 Å². The number of sulfonamides is 1. The fraction of sp³-hybridized carbons (Fsp3) is 0.0588. The van der Waals surface area contributed by atoms with Crippen molar-refractivity contribution in [1.29, 1.82) is 0 Å². The molecule has 0 spiro atoms. The van der Waals surface area contributed by atoms with Crippen molar-refractivity contribution in [3.8, 4) is 0 Å². The molecule has 0 saturated carbocycles. The second-order valence-electron chi connectivity index (χ2n) is 5.28. The summed E-state index contributed by atoms with van der Waals surface area (Å²) >= 11 is 1.17. The number of carbonyl (C=O) groups excluding carboxylic acids is 1. The maximum absolute atomic E-state index is 13.6. The number of thiazole rings is 1. The van der Waals surface area contributed by atoms with Gasteiger partial charge in [-0.25, -0.2) is 17.8 Å². The predicted molar refractivity (Wildman–Crippen MR) is 98.1 cm³/mol. The van der Waals surface area contributed by atoms with Gasteiger partial charge in [0.25, 0.3) is 10.0 Å². The Kier molecular flexibility index (Phi) is 5.29. The minimum atomic E-state index is -3.75. The Morgan fingerprint density at radius 1 is 1.12 bits per heavy atom. The van der Waals surface area contributed by atoms with Crippen LogP contribution in [-0.4, -0.2) is 19.3 Å². The van der Waals surface area contributed by atoms with Gasteiger partial charge in [0.05, 0.1) is 11.3 Å². The third kappa shape index (κ3) is 4.44. The van der Waals surface area contributed by atoms with Gasteiger partial charge in [-0.1, -0.05) is 18.2 Å². The zero-order valence-corrected chi connectivity index (χ0v) is 15.0. The molecule has 0 atom stereocenters. The molecule has 0 aliphatic rings. The van der Waals surface area contributed by atoms with Crippen molar-refractivity contribution < 1.29 is 17.6 Å². The number of nitrogens with zero attached hydrogens (tertiary/aromatic N) is 1. The van der Waals surface area contributed by atoms with E-state index in [1.165, 1.54) is 53.9 Å². The molecule has 0 aliphatic heterocycles. The molecule has 1 amide bonds. The van der Waals surface area contributed by atoms with Crippen LogP contribution in [0.4, 0.5) is 15.2 Å². The van der Waals surface area contributed by atoms with Gasteiger partial charge in [0.2, 0.25) is 5.91 Å². The molecule has 3 aromatic rings. The van der Waals surface area contributed by atoms with Crippen molar-refractivity contribution in [2.24, 2.45) is 0 Å². The van der Waals surface area contributed by atoms with E-state index in [0.717, 1.165) is 0 Å². The molecule has 0 unspecified atom stereocenters. The van der Waals surface area contributed by atoms with E-state index in [0.29, 0.717) is 5.69 Å². The summed E-state index contributed by atoms with van der Waals surface area (Å²) in [6.45, 7) is 0. The summed E-state index contributed by atoms with van der Waals surface area (Å²) in [6.07, 6.45) is 1.38. The molecule has 134 valence electrons. The van der Waals surface area contributed by atoms with Gasteiger partial charge in [0.1, 0.15) is 5.82 Å². The molecule has 0 bridgehead atoms. The van der Waals surface area contributed by atoms with Gasteiger partial charge in [0, 0.05) is 17.3 Å². The second-order valence-corrected chi connectivity index (χ2v) is 7.86. The first kappa shape index (κ1) is 18.0. The van der Waals surface area contributed by atoms with Crippen LogP contribution >= 0.6 is 11.3 Å². The van der Waals surface area contributed by atoms with Crippen molar-refractivity contribution >= 4 is 38.1 Å². The number of benzene rings is 2. The van der Waals surface area contributed by atoms with Crippen LogP contribution in [0.3, 0.4) is 0 Å². The Bertz CT molecular complexity index is 1000. The Morgan fingerprint density at radius 2 is 1.85 bits per heavy atom. The van der Waals surface area contributed by atoms with E-state index >= 15 is 0 Å². The first-order valence-corrected chi connectivity index (χ1v) is 9.86. The summed E-state index contributed by atoms with van der Waals surface area (Å²) < 4.78 is 40.4. The Hall–Kier alpha value is -2.78. The van der Waals surface area contributed by atoms with Crippen LogP contribution in [0.15, 0.2) is 65.0 Å². The molecule has 1 aromatic heterocycles. The normalized spacial score (nSPS) is 11.1. The van der Waals surface area contributed by atoms with E-state index in [-0.39, 0.29) is 22.0 Å². The third-order valence-corrected chi connectivity index (χ3v) is 5.58. The van der Waals surface area contributed by atoms with Crippen LogP contribution in [0.25, 0.3) is 0 Å². The Morgan fingerprint density at radius 3 is 2.50 bits per heavy atom. The molecule has 0 aliphatic carbocycles. The molecule has 26 heavy (non-hydrogen) atoms. The lowest BCUT2D eigenvalue weighted by molar-refractivity contribution is -0.115. The monoisotopic (exact) mass is 391 g/mol. The molecule has 2 N–H and O–H groups in total. The number of anilines is 2. The van der Waals surface area contributed by atoms with Gasteiger partial charge in [-0.05, 0) is 35.9 Å². The fourth-order valence-corrected chi connectivity index (χ4v) is 3.97. The lowest BCUT2D eigenvalue weighted by Crippen LogP contribution is -2.16. The third-order valence-electron chi connectivity index (χ3n) is 3.41. The highest BCUT2D eigenvalue weighted by Gasteiger charge is 2.15. The van der Waals surface area contributed by atoms with Gasteiger partial charge in [0.15, 0.2) is 5.13 Å². The van der Waals surface area contributed by atoms with Crippen molar-refractivity contribution in [1.82, 2.24) is 4.98 Å². The SMILES string of the molecule is O=C(Cc1ccccc1F)Nc1ccc(S(=O)(=O)Nc2nccs2)cc1. The van der Waals surface area contributed by atoms with E-state index in [1.54, 1.807) is 17.5 Å². The highest BCUT2D eigenvalue weighted by molar-refractivity contribution is 7.93. The van der Waals surface area contributed by atoms with Crippen LogP contribution in [0, 0.1) is 5.82 Å². The number of aromatic nitrogens is 1. The topological polar surface area (TPSA) is 88.2 Å². The van der Waals surface area contributed by atoms with Crippen LogP contribution in [-0.2, 0) is 21.2 Å². The summed E-state index contributed by atoms with van der Waals surface area (Å²) in [6, 6.07) is 11.7. The van der Waals surface area contributed by atoms with E-state index in [9.17, 15) is 17.6 Å². The van der Waals surface area contributed by atoms with Gasteiger partial charge in [-0.15, -0.1) is 11.3 Å². The van der Waals surface area contributed by atoms with E-state index < -0.39 is 21.7 Å². The molecular weight excluding hydrogens is 377 g/mol. The molecule has 1 heterocycles. The lowest BCUT2D eigenvalue weighted by Gasteiger charge is -2.08. The molecule has 0 fully saturated rings. The van der Waals surface area contributed by atoms with Crippen LogP contribution in [0.5, 0.6) is 0 Å². The summed E-state index contributed by atoms with van der Waals surface area (Å²) in [5.74, 6) is -0.844. The van der Waals surface area contributed by atoms with Gasteiger partial charge in [-0.2, -0.15) is 0 Å². The number of halogens is 1. The average molecular weight is 391 g/mol. The summed E-state index contributed by atoms with van der Waals surface area (Å²) in [5.41, 5.74) is 0.705. The molecule has 3 rings (SSSR count). The molecule has 9 heteroatoms. The maximum atomic E-state index is 13.6. The second kappa shape index (κ2) is 7.63. The van der Waals surface area contributed by atoms with Gasteiger partial charge < -0.3 is 5.32 Å². The zero-order valence-electron chi connectivity index (χ0n) is 13.3. The van der Waals surface area contributed by atoms with Crippen molar-refractivity contribution in [2.45, 2.75) is 11.3 Å². The van der Waals surface area contributed by atoms with E-state index in [2.05, 4.69) is 15.0 Å². The molecule has 2 aromatic carbocycles. The number of carbonyl (C=O) groups is 1. The summed E-state index contributed by atoms with van der Waals surface area (Å²) in [4.78, 5) is 15.9. The van der Waals surface area contributed by atoms with Crippen molar-refractivity contribution in [3.63, 3.8) is 0 Å². The Balaban J connectivity index is 1.66. The highest BCUT2D eigenvalue weighted by Crippen LogP contribution is 2.19. The highest BCUT2D eigenvalue weighted by atomic mass is 32.2. The first-order valence-electron chi connectivity index (χ1n) is 7.50. The van der Waals surface area contributed by atoms with Crippen LogP contribution in [0.2, 0.25) is 0 Å². The van der Waals surface area contributed by atoms with Gasteiger partial charge in [-0.3, -0.25) is 9.52 Å². The van der Waals surface area contributed by atoms with Crippen molar-refractivity contribution in [3.05, 3.63) is 71.5 Å². The Labute approximate surface area is 153 Å². The largest absolute Gasteiger partial charge is 0.326 e. The quantitative estimate of drug-likeness (QED) is 0.675.